The average Bonchev–Trinajstić information content (AvgIpc) is 2.94. The number of benzene rings is 1. The third kappa shape index (κ3) is 2.02. The minimum atomic E-state index is -0.443. The molecule has 1 saturated carbocycles. The predicted octanol–water partition coefficient (Wildman–Crippen LogP) is 2.09. The lowest BCUT2D eigenvalue weighted by Crippen LogP contribution is -2.43. The van der Waals surface area contributed by atoms with Gasteiger partial charge in [0.1, 0.15) is 0 Å². The zero-order chi connectivity index (χ0) is 14.2. The molecule has 0 spiro atoms. The Bertz CT molecular complexity index is 620. The second-order valence-electron chi connectivity index (χ2n) is 5.00. The van der Waals surface area contributed by atoms with Gasteiger partial charge in [-0.2, -0.15) is 4.98 Å². The summed E-state index contributed by atoms with van der Waals surface area (Å²) in [4.78, 5) is 4.41. The monoisotopic (exact) mass is 275 g/mol. The topological polar surface area (TPSA) is 83.4 Å². The van der Waals surface area contributed by atoms with Gasteiger partial charge in [0.2, 0.25) is 11.7 Å². The molecule has 3 rings (SSSR count). The van der Waals surface area contributed by atoms with Crippen LogP contribution in [0.3, 0.4) is 0 Å². The molecule has 1 fully saturated rings. The van der Waals surface area contributed by atoms with Crippen molar-refractivity contribution < 1.29 is 14.0 Å². The van der Waals surface area contributed by atoms with Crippen molar-refractivity contribution in [3.05, 3.63) is 24.1 Å². The lowest BCUT2D eigenvalue weighted by atomic mass is 9.78. The number of rotatable bonds is 4. The first-order chi connectivity index (χ1) is 9.66. The van der Waals surface area contributed by atoms with Gasteiger partial charge in [0.25, 0.3) is 0 Å². The summed E-state index contributed by atoms with van der Waals surface area (Å²) in [5.74, 6) is 2.31. The summed E-state index contributed by atoms with van der Waals surface area (Å²) < 4.78 is 15.8. The minimum Gasteiger partial charge on any atom is -0.493 e. The summed E-state index contributed by atoms with van der Waals surface area (Å²) in [6.07, 6.45) is 2.88. The van der Waals surface area contributed by atoms with Crippen molar-refractivity contribution in [2.45, 2.75) is 24.8 Å². The van der Waals surface area contributed by atoms with E-state index in [-0.39, 0.29) is 0 Å². The second kappa shape index (κ2) is 4.79. The van der Waals surface area contributed by atoms with E-state index >= 15 is 0 Å². The molecule has 1 aromatic heterocycles. The Balaban J connectivity index is 1.93. The van der Waals surface area contributed by atoms with Gasteiger partial charge in [0, 0.05) is 5.56 Å². The molecule has 2 N–H and O–H groups in total. The summed E-state index contributed by atoms with van der Waals surface area (Å²) >= 11 is 0. The number of ether oxygens (including phenoxy) is 2. The number of nitrogens with two attached hydrogens (primary N) is 1. The molecule has 0 atom stereocenters. The van der Waals surface area contributed by atoms with Crippen molar-refractivity contribution in [3.63, 3.8) is 0 Å². The predicted molar refractivity (Wildman–Crippen MR) is 72.6 cm³/mol. The molecule has 0 aliphatic heterocycles. The summed E-state index contributed by atoms with van der Waals surface area (Å²) in [7, 11) is 3.19. The molecule has 1 aromatic carbocycles. The second-order valence-corrected chi connectivity index (χ2v) is 5.00. The van der Waals surface area contributed by atoms with E-state index < -0.39 is 5.54 Å². The maximum absolute atomic E-state index is 6.18. The summed E-state index contributed by atoms with van der Waals surface area (Å²) in [5.41, 5.74) is 6.54. The largest absolute Gasteiger partial charge is 0.493 e. The quantitative estimate of drug-likeness (QED) is 0.919. The van der Waals surface area contributed by atoms with Crippen LogP contribution in [0.1, 0.15) is 25.2 Å². The maximum Gasteiger partial charge on any atom is 0.247 e. The molecular weight excluding hydrogens is 258 g/mol. The van der Waals surface area contributed by atoms with Crippen LogP contribution in [0.4, 0.5) is 0 Å². The molecule has 0 unspecified atom stereocenters. The third-order valence-electron chi connectivity index (χ3n) is 3.74. The van der Waals surface area contributed by atoms with E-state index in [0.29, 0.717) is 23.2 Å². The van der Waals surface area contributed by atoms with Gasteiger partial charge in [-0.1, -0.05) is 5.16 Å². The first kappa shape index (κ1) is 12.9. The van der Waals surface area contributed by atoms with Crippen LogP contribution < -0.4 is 15.2 Å². The van der Waals surface area contributed by atoms with Crippen LogP contribution in [-0.2, 0) is 5.54 Å². The highest BCUT2D eigenvalue weighted by Gasteiger charge is 2.40. The molecule has 6 heteroatoms. The molecule has 1 aliphatic rings. The Hall–Kier alpha value is -2.08. The Kier molecular flexibility index (Phi) is 3.10. The van der Waals surface area contributed by atoms with Crippen LogP contribution in [0.5, 0.6) is 11.5 Å². The van der Waals surface area contributed by atoms with Crippen LogP contribution in [-0.4, -0.2) is 24.4 Å². The van der Waals surface area contributed by atoms with E-state index in [9.17, 15) is 0 Å². The molecule has 106 valence electrons. The molecular formula is C14H17N3O3. The normalized spacial score (nSPS) is 16.6. The fraction of sp³-hybridized carbons (Fsp3) is 0.429. The zero-order valence-corrected chi connectivity index (χ0v) is 11.5. The molecule has 1 heterocycles. The van der Waals surface area contributed by atoms with Gasteiger partial charge in [-0.15, -0.1) is 0 Å². The standard InChI is InChI=1S/C14H17N3O3/c1-18-10-5-4-9(8-11(10)19-2)12-16-13(20-17-12)14(15)6-3-7-14/h4-5,8H,3,6-7,15H2,1-2H3. The lowest BCUT2D eigenvalue weighted by Gasteiger charge is -2.33. The SMILES string of the molecule is COc1ccc(-c2noc(C3(N)CCC3)n2)cc1OC. The minimum absolute atomic E-state index is 0.443. The number of nitrogens with zero attached hydrogens (tertiary/aromatic N) is 2. The van der Waals surface area contributed by atoms with Crippen molar-refractivity contribution in [1.29, 1.82) is 0 Å². The first-order valence-corrected chi connectivity index (χ1v) is 6.52. The molecule has 0 radical (unpaired) electrons. The number of hydrogen-bond donors (Lipinski definition) is 1. The van der Waals surface area contributed by atoms with Gasteiger partial charge in [0.15, 0.2) is 11.5 Å². The molecule has 2 aromatic rings. The Morgan fingerprint density at radius 2 is 1.95 bits per heavy atom. The van der Waals surface area contributed by atoms with E-state index in [0.717, 1.165) is 24.8 Å². The van der Waals surface area contributed by atoms with Crippen molar-refractivity contribution >= 4 is 0 Å². The molecule has 0 saturated heterocycles. The van der Waals surface area contributed by atoms with Crippen LogP contribution in [0, 0.1) is 0 Å². The van der Waals surface area contributed by atoms with Gasteiger partial charge in [-0.3, -0.25) is 0 Å². The van der Waals surface area contributed by atoms with Crippen molar-refractivity contribution in [2.24, 2.45) is 5.73 Å². The first-order valence-electron chi connectivity index (χ1n) is 6.52. The van der Waals surface area contributed by atoms with Crippen molar-refractivity contribution in [1.82, 2.24) is 10.1 Å². The average molecular weight is 275 g/mol. The van der Waals surface area contributed by atoms with E-state index in [2.05, 4.69) is 10.1 Å². The van der Waals surface area contributed by atoms with Crippen LogP contribution in [0.15, 0.2) is 22.7 Å². The molecule has 6 nitrogen and oxygen atoms in total. The van der Waals surface area contributed by atoms with Crippen LogP contribution in [0.2, 0.25) is 0 Å². The summed E-state index contributed by atoms with van der Waals surface area (Å²) in [5, 5.41) is 4.00. The third-order valence-corrected chi connectivity index (χ3v) is 3.74. The highest BCUT2D eigenvalue weighted by molar-refractivity contribution is 5.60. The van der Waals surface area contributed by atoms with Gasteiger partial charge >= 0.3 is 0 Å². The van der Waals surface area contributed by atoms with E-state index in [1.165, 1.54) is 0 Å². The number of methoxy groups -OCH3 is 2. The molecule has 20 heavy (non-hydrogen) atoms. The molecule has 1 aliphatic carbocycles. The fourth-order valence-corrected chi connectivity index (χ4v) is 2.29. The van der Waals surface area contributed by atoms with Gasteiger partial charge in [-0.25, -0.2) is 0 Å². The van der Waals surface area contributed by atoms with Gasteiger partial charge < -0.3 is 19.7 Å². The number of hydrogen-bond acceptors (Lipinski definition) is 6. The highest BCUT2D eigenvalue weighted by Crippen LogP contribution is 2.38. The van der Waals surface area contributed by atoms with E-state index in [1.807, 2.05) is 18.2 Å². The number of aromatic nitrogens is 2. The van der Waals surface area contributed by atoms with Crippen molar-refractivity contribution in [3.8, 4) is 22.9 Å². The lowest BCUT2D eigenvalue weighted by molar-refractivity contribution is 0.181. The molecule has 0 amide bonds. The van der Waals surface area contributed by atoms with Gasteiger partial charge in [0.05, 0.1) is 19.8 Å². The van der Waals surface area contributed by atoms with E-state index in [4.69, 9.17) is 19.7 Å². The Labute approximate surface area is 116 Å². The van der Waals surface area contributed by atoms with E-state index in [1.54, 1.807) is 14.2 Å². The smallest absolute Gasteiger partial charge is 0.247 e. The molecule has 0 bridgehead atoms. The Morgan fingerprint density at radius 1 is 1.20 bits per heavy atom. The summed E-state index contributed by atoms with van der Waals surface area (Å²) in [6.45, 7) is 0. The zero-order valence-electron chi connectivity index (χ0n) is 11.5. The van der Waals surface area contributed by atoms with Crippen LogP contribution in [0.25, 0.3) is 11.4 Å². The Morgan fingerprint density at radius 3 is 2.55 bits per heavy atom. The van der Waals surface area contributed by atoms with Crippen molar-refractivity contribution in [2.75, 3.05) is 14.2 Å². The summed E-state index contributed by atoms with van der Waals surface area (Å²) in [6, 6.07) is 5.49. The highest BCUT2D eigenvalue weighted by atomic mass is 16.5. The van der Waals surface area contributed by atoms with Gasteiger partial charge in [-0.05, 0) is 37.5 Å². The van der Waals surface area contributed by atoms with Crippen LogP contribution >= 0.6 is 0 Å². The maximum atomic E-state index is 6.18. The fourth-order valence-electron chi connectivity index (χ4n) is 2.29.